The van der Waals surface area contributed by atoms with Crippen molar-refractivity contribution in [3.63, 3.8) is 0 Å². The maximum Gasteiger partial charge on any atom is 0.293 e. The summed E-state index contributed by atoms with van der Waals surface area (Å²) in [5.41, 5.74) is 5.73. The number of nitrogens with two attached hydrogens (primary N) is 1. The predicted octanol–water partition coefficient (Wildman–Crippen LogP) is 0.309. The quantitative estimate of drug-likeness (QED) is 0.624. The van der Waals surface area contributed by atoms with Crippen LogP contribution in [0.2, 0.25) is 0 Å². The van der Waals surface area contributed by atoms with Crippen molar-refractivity contribution < 1.29 is 22.7 Å². The molecular formula is C20H20N6O5S. The monoisotopic (exact) mass is 456 g/mol. The zero-order valence-electron chi connectivity index (χ0n) is 17.1. The molecule has 1 spiro atoms. The second-order valence-electron chi connectivity index (χ2n) is 7.22. The molecule has 12 heteroatoms. The van der Waals surface area contributed by atoms with Crippen molar-refractivity contribution in [2.75, 3.05) is 31.3 Å². The Hall–Kier alpha value is -3.85. The Morgan fingerprint density at radius 2 is 2.16 bits per heavy atom. The normalized spacial score (nSPS) is 21.0. The smallest absolute Gasteiger partial charge is 0.293 e. The summed E-state index contributed by atoms with van der Waals surface area (Å²) in [4.78, 5) is 25.0. The van der Waals surface area contributed by atoms with Crippen molar-refractivity contribution in [2.45, 2.75) is 12.0 Å². The highest BCUT2D eigenvalue weighted by Gasteiger charge is 2.47. The number of terminal acetylenes is 1. The number of aromatic nitrogens is 2. The van der Waals surface area contributed by atoms with Crippen molar-refractivity contribution in [1.29, 1.82) is 0 Å². The van der Waals surface area contributed by atoms with Gasteiger partial charge in [-0.3, -0.25) is 4.79 Å². The third-order valence-corrected chi connectivity index (χ3v) is 7.02. The van der Waals surface area contributed by atoms with Gasteiger partial charge in [0.15, 0.2) is 5.75 Å². The molecular weight excluding hydrogens is 436 g/mol. The van der Waals surface area contributed by atoms with E-state index in [4.69, 9.17) is 21.6 Å². The van der Waals surface area contributed by atoms with Gasteiger partial charge in [0.25, 0.3) is 5.91 Å². The van der Waals surface area contributed by atoms with Crippen LogP contribution in [0.5, 0.6) is 11.5 Å². The number of amides is 1. The van der Waals surface area contributed by atoms with Gasteiger partial charge in [-0.15, -0.1) is 6.42 Å². The molecule has 2 aliphatic heterocycles. The summed E-state index contributed by atoms with van der Waals surface area (Å²) in [6.45, 7) is 0.350. The molecule has 2 aromatic rings. The molecule has 32 heavy (non-hydrogen) atoms. The largest absolute Gasteiger partial charge is 0.493 e. The van der Waals surface area contributed by atoms with Gasteiger partial charge in [0.05, 0.1) is 24.8 Å². The highest BCUT2D eigenvalue weighted by molar-refractivity contribution is 7.89. The Labute approximate surface area is 184 Å². The van der Waals surface area contributed by atoms with E-state index in [9.17, 15) is 13.2 Å². The first-order valence-electron chi connectivity index (χ1n) is 9.53. The molecule has 166 valence electrons. The molecule has 0 fully saturated rings. The van der Waals surface area contributed by atoms with Crippen molar-refractivity contribution in [1.82, 2.24) is 14.3 Å². The van der Waals surface area contributed by atoms with Crippen LogP contribution in [0.1, 0.15) is 22.6 Å². The molecule has 0 saturated heterocycles. The first kappa shape index (κ1) is 21.4. The number of rotatable bonds is 4. The molecule has 3 N–H and O–H groups in total. The average molecular weight is 456 g/mol. The molecule has 1 aromatic carbocycles. The molecule has 0 radical (unpaired) electrons. The van der Waals surface area contributed by atoms with Crippen molar-refractivity contribution >= 4 is 27.6 Å². The van der Waals surface area contributed by atoms with Crippen LogP contribution in [0.15, 0.2) is 35.6 Å². The lowest BCUT2D eigenvalue weighted by Crippen LogP contribution is -2.52. The van der Waals surface area contributed by atoms with Crippen LogP contribution in [-0.4, -0.2) is 60.6 Å². The van der Waals surface area contributed by atoms with E-state index >= 15 is 0 Å². The van der Waals surface area contributed by atoms with Crippen LogP contribution in [0.3, 0.4) is 0 Å². The summed E-state index contributed by atoms with van der Waals surface area (Å²) >= 11 is 0. The number of ether oxygens (including phenoxy) is 2. The van der Waals surface area contributed by atoms with E-state index in [-0.39, 0.29) is 30.8 Å². The zero-order valence-corrected chi connectivity index (χ0v) is 17.9. The molecule has 0 aliphatic carbocycles. The summed E-state index contributed by atoms with van der Waals surface area (Å²) in [6.07, 6.45) is 8.14. The van der Waals surface area contributed by atoms with Crippen LogP contribution in [0, 0.1) is 12.3 Å². The Balaban J connectivity index is 1.62. The maximum atomic E-state index is 12.6. The highest BCUT2D eigenvalue weighted by atomic mass is 32.2. The van der Waals surface area contributed by atoms with E-state index < -0.39 is 21.5 Å². The summed E-state index contributed by atoms with van der Waals surface area (Å²) in [5, 5.41) is 2.70. The summed E-state index contributed by atoms with van der Waals surface area (Å²) in [6, 6.07) is 4.92. The number of anilines is 1. The molecule has 1 amide bonds. The summed E-state index contributed by atoms with van der Waals surface area (Å²) in [7, 11) is -2.30. The van der Waals surface area contributed by atoms with E-state index in [2.05, 4.69) is 26.2 Å². The number of nitrogens with one attached hydrogen (secondary N) is 1. The number of carbonyl (C=O) groups is 1. The SMILES string of the molecule is C#CCOc1cnc(C(=O)Nc2ccc3c(c2)[C@]2(CCO3)CS(=O)(=O)N(C)C(N)=N2)nc1. The van der Waals surface area contributed by atoms with E-state index in [1.165, 1.54) is 19.4 Å². The number of hydrogen-bond donors (Lipinski definition) is 2. The van der Waals surface area contributed by atoms with Gasteiger partial charge in [-0.05, 0) is 18.2 Å². The second kappa shape index (κ2) is 8.01. The molecule has 0 bridgehead atoms. The number of fused-ring (bicyclic) bond motifs is 2. The Kier molecular flexibility index (Phi) is 5.35. The molecule has 1 aromatic heterocycles. The van der Waals surface area contributed by atoms with Crippen molar-refractivity contribution in [3.05, 3.63) is 42.0 Å². The van der Waals surface area contributed by atoms with Gasteiger partial charge in [0.2, 0.25) is 21.8 Å². The molecule has 0 unspecified atom stereocenters. The number of aliphatic imine (C=N–C) groups is 1. The number of guanidine groups is 1. The van der Waals surface area contributed by atoms with E-state index in [0.29, 0.717) is 29.2 Å². The van der Waals surface area contributed by atoms with Gasteiger partial charge in [0.1, 0.15) is 17.9 Å². The van der Waals surface area contributed by atoms with E-state index in [1.807, 2.05) is 0 Å². The van der Waals surface area contributed by atoms with Gasteiger partial charge in [-0.1, -0.05) is 5.92 Å². The minimum absolute atomic E-state index is 0.0619. The van der Waals surface area contributed by atoms with E-state index in [1.54, 1.807) is 18.2 Å². The number of carbonyl (C=O) groups excluding carboxylic acids is 1. The minimum atomic E-state index is -3.66. The lowest BCUT2D eigenvalue weighted by atomic mass is 9.86. The van der Waals surface area contributed by atoms with E-state index in [0.717, 1.165) is 4.31 Å². The van der Waals surface area contributed by atoms with Crippen molar-refractivity contribution in [2.24, 2.45) is 10.7 Å². The van der Waals surface area contributed by atoms with Crippen molar-refractivity contribution in [3.8, 4) is 23.8 Å². The molecule has 3 heterocycles. The Morgan fingerprint density at radius 1 is 1.41 bits per heavy atom. The molecule has 2 aliphatic rings. The van der Waals surface area contributed by atoms with Gasteiger partial charge < -0.3 is 20.5 Å². The van der Waals surface area contributed by atoms with Gasteiger partial charge in [-0.25, -0.2) is 27.7 Å². The fourth-order valence-electron chi connectivity index (χ4n) is 3.51. The fraction of sp³-hybridized carbons (Fsp3) is 0.300. The van der Waals surface area contributed by atoms with Crippen LogP contribution >= 0.6 is 0 Å². The first-order valence-corrected chi connectivity index (χ1v) is 11.1. The average Bonchev–Trinajstić information content (AvgIpc) is 2.77. The molecule has 1 atom stereocenters. The second-order valence-corrected chi connectivity index (χ2v) is 9.22. The topological polar surface area (TPSA) is 149 Å². The standard InChI is InChI=1S/C20H20N6O5S/c1-3-7-30-14-10-22-17(23-11-14)18(27)24-13-4-5-16-15(9-13)20(6-8-31-16)12-32(28,29)26(2)19(21)25-20/h1,4-5,9-11H,6-8,12H2,2H3,(H2,21,25)(H,24,27)/t20-/m0/s1. The first-order chi connectivity index (χ1) is 15.2. The number of benzene rings is 1. The third-order valence-electron chi connectivity index (χ3n) is 5.16. The Bertz CT molecular complexity index is 1240. The highest BCUT2D eigenvalue weighted by Crippen LogP contribution is 2.44. The zero-order chi connectivity index (χ0) is 22.9. The summed E-state index contributed by atoms with van der Waals surface area (Å²) < 4.78 is 37.1. The fourth-order valence-corrected chi connectivity index (χ4v) is 5.00. The van der Waals surface area contributed by atoms with Crippen LogP contribution < -0.4 is 20.5 Å². The van der Waals surface area contributed by atoms with Crippen LogP contribution in [0.25, 0.3) is 0 Å². The lowest BCUT2D eigenvalue weighted by molar-refractivity contribution is 0.101. The minimum Gasteiger partial charge on any atom is -0.493 e. The van der Waals surface area contributed by atoms with Crippen LogP contribution in [0.4, 0.5) is 5.69 Å². The predicted molar refractivity (Wildman–Crippen MR) is 116 cm³/mol. The summed E-state index contributed by atoms with van der Waals surface area (Å²) in [5.74, 6) is 2.15. The Morgan fingerprint density at radius 3 is 2.84 bits per heavy atom. The molecule has 4 rings (SSSR count). The van der Waals surface area contributed by atoms with Crippen LogP contribution in [-0.2, 0) is 15.6 Å². The number of hydrogen-bond acceptors (Lipinski definition) is 9. The number of nitrogens with zero attached hydrogens (tertiary/aromatic N) is 4. The lowest BCUT2D eigenvalue weighted by Gasteiger charge is -2.40. The third kappa shape index (κ3) is 3.90. The molecule has 0 saturated carbocycles. The van der Waals surface area contributed by atoms with Gasteiger partial charge in [-0.2, -0.15) is 0 Å². The number of sulfonamides is 1. The van der Waals surface area contributed by atoms with Gasteiger partial charge >= 0.3 is 0 Å². The molecule has 11 nitrogen and oxygen atoms in total. The maximum absolute atomic E-state index is 12.6. The van der Waals surface area contributed by atoms with Gasteiger partial charge in [0, 0.05) is 24.7 Å².